The van der Waals surface area contributed by atoms with Crippen LogP contribution in [0.1, 0.15) is 23.2 Å². The third-order valence-electron chi connectivity index (χ3n) is 3.54. The predicted octanol–water partition coefficient (Wildman–Crippen LogP) is 3.46. The molecule has 1 aliphatic rings. The topological polar surface area (TPSA) is 57.6 Å². The van der Waals surface area contributed by atoms with Crippen LogP contribution in [-0.2, 0) is 4.79 Å². The Morgan fingerprint density at radius 1 is 0.952 bits per heavy atom. The maximum atomic E-state index is 12.6. The number of anilines is 2. The van der Waals surface area contributed by atoms with E-state index < -0.39 is 5.97 Å². The van der Waals surface area contributed by atoms with Crippen LogP contribution >= 0.6 is 0 Å². The zero-order valence-corrected chi connectivity index (χ0v) is 11.4. The Labute approximate surface area is 122 Å². The highest BCUT2D eigenvalue weighted by Gasteiger charge is 2.35. The van der Waals surface area contributed by atoms with Crippen molar-refractivity contribution in [2.24, 2.45) is 5.92 Å². The summed E-state index contributed by atoms with van der Waals surface area (Å²) in [6.07, 6.45) is 1.74. The molecule has 0 unspecified atom stereocenters. The van der Waals surface area contributed by atoms with E-state index in [9.17, 15) is 14.7 Å². The summed E-state index contributed by atoms with van der Waals surface area (Å²) in [5.41, 5.74) is 1.26. The normalized spacial score (nSPS) is 13.7. The van der Waals surface area contributed by atoms with Gasteiger partial charge in [-0.1, -0.05) is 30.3 Å². The van der Waals surface area contributed by atoms with Gasteiger partial charge in [0.1, 0.15) is 0 Å². The van der Waals surface area contributed by atoms with Crippen molar-refractivity contribution in [3.05, 3.63) is 60.2 Å². The number of aromatic carboxylic acids is 1. The second-order valence-corrected chi connectivity index (χ2v) is 5.11. The van der Waals surface area contributed by atoms with Gasteiger partial charge in [0.05, 0.1) is 11.3 Å². The van der Waals surface area contributed by atoms with E-state index in [2.05, 4.69) is 0 Å². The molecule has 106 valence electrons. The molecule has 1 fully saturated rings. The molecule has 0 spiro atoms. The molecule has 0 saturated heterocycles. The average molecular weight is 281 g/mol. The molecule has 2 aromatic rings. The molecule has 3 rings (SSSR count). The molecule has 1 amide bonds. The van der Waals surface area contributed by atoms with E-state index in [-0.39, 0.29) is 17.4 Å². The zero-order valence-electron chi connectivity index (χ0n) is 11.4. The van der Waals surface area contributed by atoms with Crippen molar-refractivity contribution < 1.29 is 14.7 Å². The molecule has 0 aromatic heterocycles. The summed E-state index contributed by atoms with van der Waals surface area (Å²) in [5, 5.41) is 9.36. The lowest BCUT2D eigenvalue weighted by Gasteiger charge is -2.24. The summed E-state index contributed by atoms with van der Waals surface area (Å²) < 4.78 is 0. The summed E-state index contributed by atoms with van der Waals surface area (Å²) >= 11 is 0. The van der Waals surface area contributed by atoms with Crippen LogP contribution in [0, 0.1) is 5.92 Å². The van der Waals surface area contributed by atoms with E-state index in [0.29, 0.717) is 11.4 Å². The van der Waals surface area contributed by atoms with Crippen LogP contribution in [0.3, 0.4) is 0 Å². The quantitative estimate of drug-likeness (QED) is 0.933. The Kier molecular flexibility index (Phi) is 3.44. The SMILES string of the molecule is O=C(O)c1ccccc1N(C(=O)C1CC1)c1ccccc1. The lowest BCUT2D eigenvalue weighted by molar-refractivity contribution is -0.119. The summed E-state index contributed by atoms with van der Waals surface area (Å²) in [5.74, 6) is -1.06. The average Bonchev–Trinajstić information content (AvgIpc) is 3.33. The highest BCUT2D eigenvalue weighted by atomic mass is 16.4. The molecule has 4 heteroatoms. The van der Waals surface area contributed by atoms with Gasteiger partial charge in [-0.25, -0.2) is 4.79 Å². The Balaban J connectivity index is 2.12. The highest BCUT2D eigenvalue weighted by Crippen LogP contribution is 2.37. The number of carboxylic acids is 1. The van der Waals surface area contributed by atoms with Crippen LogP contribution in [0.15, 0.2) is 54.6 Å². The van der Waals surface area contributed by atoms with Gasteiger partial charge in [-0.05, 0) is 37.1 Å². The lowest BCUT2D eigenvalue weighted by atomic mass is 10.1. The number of carbonyl (C=O) groups excluding carboxylic acids is 1. The van der Waals surface area contributed by atoms with Crippen LogP contribution in [0.4, 0.5) is 11.4 Å². The Bertz CT molecular complexity index is 677. The van der Waals surface area contributed by atoms with Gasteiger partial charge in [-0.3, -0.25) is 9.69 Å². The van der Waals surface area contributed by atoms with Gasteiger partial charge < -0.3 is 5.11 Å². The molecule has 0 atom stereocenters. The van der Waals surface area contributed by atoms with E-state index in [1.807, 2.05) is 30.3 Å². The monoisotopic (exact) mass is 281 g/mol. The Hall–Kier alpha value is -2.62. The number of carbonyl (C=O) groups is 2. The Morgan fingerprint density at radius 2 is 1.57 bits per heavy atom. The third kappa shape index (κ3) is 2.65. The fourth-order valence-electron chi connectivity index (χ4n) is 2.32. The first-order chi connectivity index (χ1) is 10.2. The second-order valence-electron chi connectivity index (χ2n) is 5.11. The second kappa shape index (κ2) is 5.40. The molecule has 2 aromatic carbocycles. The molecule has 0 aliphatic heterocycles. The van der Waals surface area contributed by atoms with E-state index in [1.54, 1.807) is 18.2 Å². The molecule has 1 aliphatic carbocycles. The van der Waals surface area contributed by atoms with Gasteiger partial charge in [0.25, 0.3) is 0 Å². The molecule has 21 heavy (non-hydrogen) atoms. The van der Waals surface area contributed by atoms with Crippen LogP contribution in [0.2, 0.25) is 0 Å². The number of benzene rings is 2. The van der Waals surface area contributed by atoms with Crippen LogP contribution in [0.25, 0.3) is 0 Å². The first-order valence-electron chi connectivity index (χ1n) is 6.90. The summed E-state index contributed by atoms with van der Waals surface area (Å²) in [4.78, 5) is 25.6. The minimum absolute atomic E-state index is 0.00653. The van der Waals surface area contributed by atoms with E-state index in [0.717, 1.165) is 12.8 Å². The summed E-state index contributed by atoms with van der Waals surface area (Å²) in [7, 11) is 0. The number of carboxylic acid groups (broad SMARTS) is 1. The van der Waals surface area contributed by atoms with Crippen molar-refractivity contribution in [2.45, 2.75) is 12.8 Å². The largest absolute Gasteiger partial charge is 0.478 e. The number of para-hydroxylation sites is 2. The van der Waals surface area contributed by atoms with Crippen molar-refractivity contribution in [2.75, 3.05) is 4.90 Å². The molecule has 1 N–H and O–H groups in total. The van der Waals surface area contributed by atoms with E-state index >= 15 is 0 Å². The minimum Gasteiger partial charge on any atom is -0.478 e. The van der Waals surface area contributed by atoms with E-state index in [1.165, 1.54) is 11.0 Å². The van der Waals surface area contributed by atoms with Gasteiger partial charge in [-0.15, -0.1) is 0 Å². The number of nitrogens with zero attached hydrogens (tertiary/aromatic N) is 1. The van der Waals surface area contributed by atoms with Crippen molar-refractivity contribution in [1.29, 1.82) is 0 Å². The molecular weight excluding hydrogens is 266 g/mol. The molecular formula is C17H15NO3. The highest BCUT2D eigenvalue weighted by molar-refractivity contribution is 6.07. The lowest BCUT2D eigenvalue weighted by Crippen LogP contribution is -2.28. The van der Waals surface area contributed by atoms with Crippen molar-refractivity contribution in [1.82, 2.24) is 0 Å². The number of hydrogen-bond donors (Lipinski definition) is 1. The van der Waals surface area contributed by atoms with Gasteiger partial charge in [0.2, 0.25) is 5.91 Å². The molecule has 1 saturated carbocycles. The maximum Gasteiger partial charge on any atom is 0.337 e. The number of hydrogen-bond acceptors (Lipinski definition) is 2. The summed E-state index contributed by atoms with van der Waals surface area (Å²) in [6, 6.07) is 15.8. The fraction of sp³-hybridized carbons (Fsp3) is 0.176. The first-order valence-corrected chi connectivity index (χ1v) is 6.90. The standard InChI is InChI=1S/C17H15NO3/c19-16(12-10-11-12)18(13-6-2-1-3-7-13)15-9-5-4-8-14(15)17(20)21/h1-9,12H,10-11H2,(H,20,21). The van der Waals surface area contributed by atoms with Crippen LogP contribution < -0.4 is 4.90 Å². The maximum absolute atomic E-state index is 12.6. The fourth-order valence-corrected chi connectivity index (χ4v) is 2.32. The smallest absolute Gasteiger partial charge is 0.337 e. The number of rotatable bonds is 4. The first kappa shape index (κ1) is 13.4. The summed E-state index contributed by atoms with van der Waals surface area (Å²) in [6.45, 7) is 0. The third-order valence-corrected chi connectivity index (χ3v) is 3.54. The van der Waals surface area contributed by atoms with Crippen LogP contribution in [0.5, 0.6) is 0 Å². The van der Waals surface area contributed by atoms with Crippen molar-refractivity contribution in [3.63, 3.8) is 0 Å². The van der Waals surface area contributed by atoms with Crippen molar-refractivity contribution >= 4 is 23.3 Å². The molecule has 0 heterocycles. The minimum atomic E-state index is -1.03. The van der Waals surface area contributed by atoms with Gasteiger partial charge in [0.15, 0.2) is 0 Å². The van der Waals surface area contributed by atoms with Gasteiger partial charge in [-0.2, -0.15) is 0 Å². The molecule has 4 nitrogen and oxygen atoms in total. The zero-order chi connectivity index (χ0) is 14.8. The molecule has 0 radical (unpaired) electrons. The number of amides is 1. The predicted molar refractivity (Wildman–Crippen MR) is 79.7 cm³/mol. The van der Waals surface area contributed by atoms with Crippen LogP contribution in [-0.4, -0.2) is 17.0 Å². The Morgan fingerprint density at radius 3 is 2.19 bits per heavy atom. The van der Waals surface area contributed by atoms with Gasteiger partial charge >= 0.3 is 5.97 Å². The van der Waals surface area contributed by atoms with Gasteiger partial charge in [0, 0.05) is 11.6 Å². The molecule has 0 bridgehead atoms. The van der Waals surface area contributed by atoms with E-state index in [4.69, 9.17) is 0 Å². The van der Waals surface area contributed by atoms with Crippen molar-refractivity contribution in [3.8, 4) is 0 Å².